The molecular weight excluding hydrogens is 370 g/mol. The number of ether oxygens (including phenoxy) is 2. The topological polar surface area (TPSA) is 107 Å². The molecule has 1 heterocycles. The summed E-state index contributed by atoms with van der Waals surface area (Å²) < 4.78 is 9.79. The highest BCUT2D eigenvalue weighted by Crippen LogP contribution is 2.19. The highest BCUT2D eigenvalue weighted by Gasteiger charge is 2.18. The molecule has 0 saturated heterocycles. The standard InChI is InChI=1S/C18H25N3O5S/c1-7-11(16(23)25-5)21-15(22)12-8-9-14(27-6)13(20-12)10-19-17(24)26-18(2,3)4/h7-9H,10H2,1-6H3,(H,19,24)(H,21,22)/b11-7+. The average molecular weight is 395 g/mol. The second kappa shape index (κ2) is 9.96. The molecule has 1 aromatic rings. The van der Waals surface area contributed by atoms with Crippen molar-refractivity contribution in [1.29, 1.82) is 0 Å². The van der Waals surface area contributed by atoms with E-state index in [1.807, 2.05) is 6.26 Å². The predicted octanol–water partition coefficient (Wildman–Crippen LogP) is 2.63. The lowest BCUT2D eigenvalue weighted by Gasteiger charge is -2.20. The van der Waals surface area contributed by atoms with E-state index in [4.69, 9.17) is 4.74 Å². The Balaban J connectivity index is 2.93. The molecule has 9 heteroatoms. The van der Waals surface area contributed by atoms with Crippen LogP contribution in [-0.4, -0.2) is 41.9 Å². The number of methoxy groups -OCH3 is 1. The van der Waals surface area contributed by atoms with E-state index in [-0.39, 0.29) is 17.9 Å². The lowest BCUT2D eigenvalue weighted by atomic mass is 10.2. The Morgan fingerprint density at radius 1 is 1.26 bits per heavy atom. The van der Waals surface area contributed by atoms with Gasteiger partial charge in [-0.05, 0) is 46.1 Å². The molecule has 0 atom stereocenters. The molecule has 0 aliphatic carbocycles. The van der Waals surface area contributed by atoms with Gasteiger partial charge in [-0.15, -0.1) is 11.8 Å². The van der Waals surface area contributed by atoms with Gasteiger partial charge in [0.1, 0.15) is 17.0 Å². The van der Waals surface area contributed by atoms with E-state index >= 15 is 0 Å². The Hall–Kier alpha value is -2.55. The Labute approximate surface area is 163 Å². The van der Waals surface area contributed by atoms with Crippen LogP contribution in [0.2, 0.25) is 0 Å². The summed E-state index contributed by atoms with van der Waals surface area (Å²) in [5.74, 6) is -1.21. The number of aromatic nitrogens is 1. The zero-order valence-electron chi connectivity index (χ0n) is 16.3. The fourth-order valence-corrected chi connectivity index (χ4v) is 2.49. The molecule has 8 nitrogen and oxygen atoms in total. The number of rotatable bonds is 6. The number of nitrogens with one attached hydrogen (secondary N) is 2. The number of amides is 2. The largest absolute Gasteiger partial charge is 0.464 e. The smallest absolute Gasteiger partial charge is 0.407 e. The van der Waals surface area contributed by atoms with Crippen molar-refractivity contribution in [2.75, 3.05) is 13.4 Å². The zero-order chi connectivity index (χ0) is 20.6. The molecule has 0 unspecified atom stereocenters. The quantitative estimate of drug-likeness (QED) is 0.433. The van der Waals surface area contributed by atoms with Gasteiger partial charge in [-0.3, -0.25) is 4.79 Å². The van der Waals surface area contributed by atoms with Crippen LogP contribution in [0.25, 0.3) is 0 Å². The van der Waals surface area contributed by atoms with Crippen molar-refractivity contribution in [2.45, 2.75) is 44.7 Å². The number of hydrogen-bond donors (Lipinski definition) is 2. The molecular formula is C18H25N3O5S. The first-order valence-corrected chi connectivity index (χ1v) is 9.40. The molecule has 0 aromatic carbocycles. The van der Waals surface area contributed by atoms with Gasteiger partial charge in [-0.1, -0.05) is 6.08 Å². The monoisotopic (exact) mass is 395 g/mol. The van der Waals surface area contributed by atoms with Crippen LogP contribution in [0.5, 0.6) is 0 Å². The van der Waals surface area contributed by atoms with Gasteiger partial charge in [0.25, 0.3) is 5.91 Å². The second-order valence-electron chi connectivity index (χ2n) is 6.35. The summed E-state index contributed by atoms with van der Waals surface area (Å²) >= 11 is 1.44. The first kappa shape index (κ1) is 22.5. The Morgan fingerprint density at radius 2 is 1.93 bits per heavy atom. The van der Waals surface area contributed by atoms with Crippen LogP contribution in [0.15, 0.2) is 28.8 Å². The zero-order valence-corrected chi connectivity index (χ0v) is 17.2. The van der Waals surface area contributed by atoms with E-state index < -0.39 is 23.6 Å². The Kier molecular flexibility index (Phi) is 8.30. The van der Waals surface area contributed by atoms with Crippen LogP contribution in [0.1, 0.15) is 43.9 Å². The number of carbonyl (C=O) groups is 3. The van der Waals surface area contributed by atoms with Crippen molar-refractivity contribution in [3.63, 3.8) is 0 Å². The van der Waals surface area contributed by atoms with Crippen molar-refractivity contribution >= 4 is 29.7 Å². The number of pyridine rings is 1. The van der Waals surface area contributed by atoms with Crippen LogP contribution >= 0.6 is 11.8 Å². The summed E-state index contributed by atoms with van der Waals surface area (Å²) in [5, 5.41) is 5.08. The van der Waals surface area contributed by atoms with Gasteiger partial charge in [0.15, 0.2) is 0 Å². The molecule has 1 aromatic heterocycles. The summed E-state index contributed by atoms with van der Waals surface area (Å²) in [6.45, 7) is 7.00. The maximum Gasteiger partial charge on any atom is 0.407 e. The van der Waals surface area contributed by atoms with Crippen molar-refractivity contribution in [2.24, 2.45) is 0 Å². The first-order chi connectivity index (χ1) is 12.6. The van der Waals surface area contributed by atoms with Gasteiger partial charge in [0.2, 0.25) is 0 Å². The maximum absolute atomic E-state index is 12.4. The van der Waals surface area contributed by atoms with Gasteiger partial charge >= 0.3 is 12.1 Å². The summed E-state index contributed by atoms with van der Waals surface area (Å²) in [7, 11) is 1.23. The fraction of sp³-hybridized carbons (Fsp3) is 0.444. The lowest BCUT2D eigenvalue weighted by Crippen LogP contribution is -2.33. The number of hydrogen-bond acceptors (Lipinski definition) is 7. The first-order valence-electron chi connectivity index (χ1n) is 8.18. The van der Waals surface area contributed by atoms with Crippen molar-refractivity contribution < 1.29 is 23.9 Å². The molecule has 2 amide bonds. The van der Waals surface area contributed by atoms with Crippen LogP contribution in [0.3, 0.4) is 0 Å². The summed E-state index contributed by atoms with van der Waals surface area (Å²) in [5.41, 5.74) is 0.0306. The molecule has 0 radical (unpaired) electrons. The molecule has 27 heavy (non-hydrogen) atoms. The van der Waals surface area contributed by atoms with E-state index in [1.54, 1.807) is 39.8 Å². The third-order valence-electron chi connectivity index (χ3n) is 3.13. The van der Waals surface area contributed by atoms with E-state index in [0.717, 1.165) is 4.90 Å². The Bertz CT molecular complexity index is 741. The molecule has 0 saturated carbocycles. The third-order valence-corrected chi connectivity index (χ3v) is 3.94. The van der Waals surface area contributed by atoms with Crippen LogP contribution in [-0.2, 0) is 20.8 Å². The van der Waals surface area contributed by atoms with E-state index in [2.05, 4.69) is 20.4 Å². The fourth-order valence-electron chi connectivity index (χ4n) is 1.93. The number of nitrogens with zero attached hydrogens (tertiary/aromatic N) is 1. The minimum Gasteiger partial charge on any atom is -0.464 e. The summed E-state index contributed by atoms with van der Waals surface area (Å²) in [4.78, 5) is 40.9. The SMILES string of the molecule is C/C=C(/NC(=O)c1ccc(SC)c(CNC(=O)OC(C)(C)C)n1)C(=O)OC. The third kappa shape index (κ3) is 7.30. The van der Waals surface area contributed by atoms with Crippen molar-refractivity contribution in [3.05, 3.63) is 35.3 Å². The van der Waals surface area contributed by atoms with E-state index in [0.29, 0.717) is 5.69 Å². The van der Waals surface area contributed by atoms with Gasteiger partial charge in [-0.25, -0.2) is 14.6 Å². The minimum absolute atomic E-state index is 0.0201. The number of allylic oxidation sites excluding steroid dienone is 1. The van der Waals surface area contributed by atoms with Crippen molar-refractivity contribution in [3.8, 4) is 0 Å². The van der Waals surface area contributed by atoms with E-state index in [9.17, 15) is 14.4 Å². The van der Waals surface area contributed by atoms with Crippen LogP contribution in [0.4, 0.5) is 4.79 Å². The highest BCUT2D eigenvalue weighted by atomic mass is 32.2. The maximum atomic E-state index is 12.4. The Morgan fingerprint density at radius 3 is 2.44 bits per heavy atom. The van der Waals surface area contributed by atoms with Gasteiger partial charge in [0, 0.05) is 4.90 Å². The lowest BCUT2D eigenvalue weighted by molar-refractivity contribution is -0.136. The second-order valence-corrected chi connectivity index (χ2v) is 7.20. The van der Waals surface area contributed by atoms with E-state index in [1.165, 1.54) is 24.9 Å². The van der Waals surface area contributed by atoms with Gasteiger partial charge < -0.3 is 20.1 Å². The molecule has 0 aliphatic heterocycles. The summed E-state index contributed by atoms with van der Waals surface area (Å²) in [6.07, 6.45) is 2.72. The molecule has 0 fully saturated rings. The van der Waals surface area contributed by atoms with Gasteiger partial charge in [-0.2, -0.15) is 0 Å². The molecule has 0 aliphatic rings. The number of carbonyl (C=O) groups excluding carboxylic acids is 3. The van der Waals surface area contributed by atoms with Crippen LogP contribution in [0, 0.1) is 0 Å². The van der Waals surface area contributed by atoms with Crippen LogP contribution < -0.4 is 10.6 Å². The van der Waals surface area contributed by atoms with Gasteiger partial charge in [0.05, 0.1) is 19.3 Å². The molecule has 148 valence electrons. The normalized spacial score (nSPS) is 11.6. The number of esters is 1. The molecule has 1 rings (SSSR count). The van der Waals surface area contributed by atoms with Crippen molar-refractivity contribution in [1.82, 2.24) is 15.6 Å². The predicted molar refractivity (Wildman–Crippen MR) is 102 cm³/mol. The number of thioether (sulfide) groups is 1. The molecule has 0 spiro atoms. The number of alkyl carbamates (subject to hydrolysis) is 1. The molecule has 0 bridgehead atoms. The minimum atomic E-state index is -0.654. The highest BCUT2D eigenvalue weighted by molar-refractivity contribution is 7.98. The molecule has 2 N–H and O–H groups in total. The summed E-state index contributed by atoms with van der Waals surface area (Å²) in [6, 6.07) is 3.27. The average Bonchev–Trinajstić information content (AvgIpc) is 2.61.